The highest BCUT2D eigenvalue weighted by Crippen LogP contribution is 2.37. The third-order valence-corrected chi connectivity index (χ3v) is 8.46. The number of anilines is 3. The van der Waals surface area contributed by atoms with Crippen LogP contribution in [-0.4, -0.2) is 9.97 Å². The van der Waals surface area contributed by atoms with Crippen LogP contribution in [0.3, 0.4) is 0 Å². The lowest BCUT2D eigenvalue weighted by Crippen LogP contribution is -2.09. The summed E-state index contributed by atoms with van der Waals surface area (Å²) < 4.78 is 0. The third kappa shape index (κ3) is 5.79. The van der Waals surface area contributed by atoms with Crippen molar-refractivity contribution in [2.75, 3.05) is 4.90 Å². The van der Waals surface area contributed by atoms with Gasteiger partial charge in [-0.25, -0.2) is 9.97 Å². The van der Waals surface area contributed by atoms with Gasteiger partial charge in [-0.05, 0) is 70.8 Å². The Morgan fingerprint density at radius 1 is 0.277 bits per heavy atom. The van der Waals surface area contributed by atoms with E-state index in [2.05, 4.69) is 169 Å². The standard InChI is InChI=1S/C44H31N3/c1-5-13-32(14-6-1)33-21-23-34(24-22-33)37-27-30-41-42(31-37)46-43(35-15-7-2-8-16-35)44(45-41)36-25-28-40(29-26-36)47(38-17-9-3-10-18-38)39-19-11-4-12-20-39/h1-31H. The second kappa shape index (κ2) is 12.6. The van der Waals surface area contributed by atoms with Crippen LogP contribution < -0.4 is 4.90 Å². The summed E-state index contributed by atoms with van der Waals surface area (Å²) in [7, 11) is 0. The molecule has 0 N–H and O–H groups in total. The molecule has 47 heavy (non-hydrogen) atoms. The van der Waals surface area contributed by atoms with Crippen molar-refractivity contribution in [2.45, 2.75) is 0 Å². The van der Waals surface area contributed by atoms with E-state index in [9.17, 15) is 0 Å². The van der Waals surface area contributed by atoms with E-state index in [0.29, 0.717) is 0 Å². The Kier molecular flexibility index (Phi) is 7.54. The smallest absolute Gasteiger partial charge is 0.0973 e. The molecule has 222 valence electrons. The van der Waals surface area contributed by atoms with Gasteiger partial charge in [-0.3, -0.25) is 0 Å². The van der Waals surface area contributed by atoms with E-state index in [4.69, 9.17) is 9.97 Å². The molecule has 1 heterocycles. The Morgan fingerprint density at radius 2 is 0.638 bits per heavy atom. The van der Waals surface area contributed by atoms with E-state index in [1.54, 1.807) is 0 Å². The molecular formula is C44H31N3. The second-order valence-corrected chi connectivity index (χ2v) is 11.5. The molecule has 0 atom stereocenters. The molecule has 0 amide bonds. The third-order valence-electron chi connectivity index (χ3n) is 8.46. The van der Waals surface area contributed by atoms with Gasteiger partial charge >= 0.3 is 0 Å². The van der Waals surface area contributed by atoms with Crippen molar-refractivity contribution in [3.05, 3.63) is 188 Å². The average Bonchev–Trinajstić information content (AvgIpc) is 3.16. The van der Waals surface area contributed by atoms with Crippen molar-refractivity contribution in [1.29, 1.82) is 0 Å². The molecule has 0 saturated heterocycles. The molecule has 0 aliphatic carbocycles. The molecule has 0 spiro atoms. The van der Waals surface area contributed by atoms with Gasteiger partial charge in [0.1, 0.15) is 0 Å². The van der Waals surface area contributed by atoms with Gasteiger partial charge in [-0.15, -0.1) is 0 Å². The predicted octanol–water partition coefficient (Wildman–Crippen LogP) is 11.8. The number of hydrogen-bond acceptors (Lipinski definition) is 3. The summed E-state index contributed by atoms with van der Waals surface area (Å²) >= 11 is 0. The Balaban J connectivity index is 1.19. The minimum absolute atomic E-state index is 0.862. The molecule has 7 aromatic carbocycles. The fraction of sp³-hybridized carbons (Fsp3) is 0. The largest absolute Gasteiger partial charge is 0.311 e. The highest BCUT2D eigenvalue weighted by molar-refractivity contribution is 5.89. The first-order valence-corrected chi connectivity index (χ1v) is 15.8. The Hall–Kier alpha value is -6.32. The molecule has 8 rings (SSSR count). The molecule has 0 unspecified atom stereocenters. The lowest BCUT2D eigenvalue weighted by molar-refractivity contribution is 1.27. The van der Waals surface area contributed by atoms with Crippen molar-refractivity contribution < 1.29 is 0 Å². The van der Waals surface area contributed by atoms with Gasteiger partial charge < -0.3 is 4.90 Å². The molecule has 1 aromatic heterocycles. The zero-order valence-electron chi connectivity index (χ0n) is 25.7. The first kappa shape index (κ1) is 28.2. The van der Waals surface area contributed by atoms with Crippen LogP contribution in [0.4, 0.5) is 17.1 Å². The maximum atomic E-state index is 5.25. The molecule has 0 aliphatic rings. The van der Waals surface area contributed by atoms with Gasteiger partial charge in [-0.2, -0.15) is 0 Å². The molecule has 8 aromatic rings. The predicted molar refractivity (Wildman–Crippen MR) is 196 cm³/mol. The van der Waals surface area contributed by atoms with Gasteiger partial charge in [0.05, 0.1) is 22.4 Å². The van der Waals surface area contributed by atoms with E-state index < -0.39 is 0 Å². The maximum Gasteiger partial charge on any atom is 0.0973 e. The highest BCUT2D eigenvalue weighted by atomic mass is 15.1. The molecule has 0 radical (unpaired) electrons. The topological polar surface area (TPSA) is 29.0 Å². The van der Waals surface area contributed by atoms with Crippen molar-refractivity contribution in [1.82, 2.24) is 9.97 Å². The summed E-state index contributed by atoms with van der Waals surface area (Å²) in [5.41, 5.74) is 13.5. The highest BCUT2D eigenvalue weighted by Gasteiger charge is 2.16. The van der Waals surface area contributed by atoms with Crippen molar-refractivity contribution in [3.8, 4) is 44.8 Å². The average molecular weight is 602 g/mol. The zero-order valence-corrected chi connectivity index (χ0v) is 25.7. The Bertz CT molecular complexity index is 2210. The number of aromatic nitrogens is 2. The van der Waals surface area contributed by atoms with E-state index in [-0.39, 0.29) is 0 Å². The lowest BCUT2D eigenvalue weighted by Gasteiger charge is -2.25. The fourth-order valence-corrected chi connectivity index (χ4v) is 6.09. The van der Waals surface area contributed by atoms with Crippen LogP contribution in [0.25, 0.3) is 55.8 Å². The molecule has 3 nitrogen and oxygen atoms in total. The number of fused-ring (bicyclic) bond motifs is 1. The SMILES string of the molecule is c1ccc(-c2ccc(-c3ccc4nc(-c5ccc(N(c6ccccc6)c6ccccc6)cc5)c(-c5ccccc5)nc4c3)cc2)cc1. The van der Waals surface area contributed by atoms with E-state index in [0.717, 1.165) is 61.7 Å². The second-order valence-electron chi connectivity index (χ2n) is 11.5. The lowest BCUT2D eigenvalue weighted by atomic mass is 9.99. The first-order valence-electron chi connectivity index (χ1n) is 15.8. The fourth-order valence-electron chi connectivity index (χ4n) is 6.09. The van der Waals surface area contributed by atoms with Crippen LogP contribution in [0.1, 0.15) is 0 Å². The Morgan fingerprint density at radius 3 is 1.19 bits per heavy atom. The van der Waals surface area contributed by atoms with Crippen molar-refractivity contribution in [2.24, 2.45) is 0 Å². The normalized spacial score (nSPS) is 11.0. The van der Waals surface area contributed by atoms with Gasteiger partial charge in [0, 0.05) is 28.2 Å². The summed E-state index contributed by atoms with van der Waals surface area (Å²) in [6.45, 7) is 0. The zero-order chi connectivity index (χ0) is 31.4. The van der Waals surface area contributed by atoms with E-state index in [1.807, 2.05) is 24.3 Å². The summed E-state index contributed by atoms with van der Waals surface area (Å²) in [4.78, 5) is 12.7. The Labute approximate surface area is 275 Å². The minimum atomic E-state index is 0.862. The summed E-state index contributed by atoms with van der Waals surface area (Å²) in [6, 6.07) is 65.4. The molecule has 0 fully saturated rings. The number of hydrogen-bond donors (Lipinski definition) is 0. The van der Waals surface area contributed by atoms with Gasteiger partial charge in [0.2, 0.25) is 0 Å². The van der Waals surface area contributed by atoms with Crippen LogP contribution >= 0.6 is 0 Å². The number of nitrogens with zero attached hydrogens (tertiary/aromatic N) is 3. The molecule has 3 heteroatoms. The molecule has 0 bridgehead atoms. The van der Waals surface area contributed by atoms with E-state index >= 15 is 0 Å². The number of benzene rings is 7. The monoisotopic (exact) mass is 601 g/mol. The van der Waals surface area contributed by atoms with Crippen LogP contribution in [0.5, 0.6) is 0 Å². The van der Waals surface area contributed by atoms with Gasteiger partial charge in [0.25, 0.3) is 0 Å². The summed E-state index contributed by atoms with van der Waals surface area (Å²) in [5, 5.41) is 0. The van der Waals surface area contributed by atoms with Crippen molar-refractivity contribution in [3.63, 3.8) is 0 Å². The maximum absolute atomic E-state index is 5.25. The number of para-hydroxylation sites is 2. The number of rotatable bonds is 7. The minimum Gasteiger partial charge on any atom is -0.311 e. The van der Waals surface area contributed by atoms with E-state index in [1.165, 1.54) is 11.1 Å². The van der Waals surface area contributed by atoms with Crippen LogP contribution in [0.2, 0.25) is 0 Å². The quantitative estimate of drug-likeness (QED) is 0.182. The van der Waals surface area contributed by atoms with Crippen LogP contribution in [-0.2, 0) is 0 Å². The first-order chi connectivity index (χ1) is 23.3. The van der Waals surface area contributed by atoms with Gasteiger partial charge in [-0.1, -0.05) is 140 Å². The molecular weight excluding hydrogens is 571 g/mol. The molecule has 0 saturated carbocycles. The van der Waals surface area contributed by atoms with Gasteiger partial charge in [0.15, 0.2) is 0 Å². The summed E-state index contributed by atoms with van der Waals surface area (Å²) in [6.07, 6.45) is 0. The van der Waals surface area contributed by atoms with Crippen LogP contribution in [0.15, 0.2) is 188 Å². The van der Waals surface area contributed by atoms with Crippen LogP contribution in [0, 0.1) is 0 Å². The molecule has 0 aliphatic heterocycles. The summed E-state index contributed by atoms with van der Waals surface area (Å²) in [5.74, 6) is 0. The van der Waals surface area contributed by atoms with Crippen molar-refractivity contribution >= 4 is 28.1 Å².